The van der Waals surface area contributed by atoms with E-state index in [1.807, 2.05) is 18.2 Å². The molecule has 0 saturated carbocycles. The molecule has 0 spiro atoms. The van der Waals surface area contributed by atoms with Crippen LogP contribution in [0.3, 0.4) is 0 Å². The third-order valence-corrected chi connectivity index (χ3v) is 5.90. The van der Waals surface area contributed by atoms with Gasteiger partial charge in [-0.1, -0.05) is 12.1 Å². The van der Waals surface area contributed by atoms with Gasteiger partial charge in [0, 0.05) is 22.4 Å². The van der Waals surface area contributed by atoms with E-state index in [4.69, 9.17) is 9.47 Å². The zero-order valence-corrected chi connectivity index (χ0v) is 17.5. The van der Waals surface area contributed by atoms with Crippen LogP contribution in [0.25, 0.3) is 0 Å². The fourth-order valence-electron chi connectivity index (χ4n) is 3.37. The largest absolute Gasteiger partial charge is 0.496 e. The van der Waals surface area contributed by atoms with Crippen LogP contribution in [0.2, 0.25) is 0 Å². The van der Waals surface area contributed by atoms with Gasteiger partial charge in [0.1, 0.15) is 5.75 Å². The fraction of sp³-hybridized carbons (Fsp3) is 0.348. The Bertz CT molecular complexity index is 935. The molecule has 5 nitrogen and oxygen atoms in total. The number of rotatable bonds is 9. The number of carbonyl (C=O) groups is 3. The van der Waals surface area contributed by atoms with Crippen LogP contribution in [0, 0.1) is 0 Å². The number of Topliss-reactive ketones (excluding diaryl/α,β-unsaturated/α-hetero) is 2. The van der Waals surface area contributed by atoms with Gasteiger partial charge in [0.25, 0.3) is 0 Å². The summed E-state index contributed by atoms with van der Waals surface area (Å²) in [6, 6.07) is 11.0. The maximum Gasteiger partial charge on any atom is 0.316 e. The van der Waals surface area contributed by atoms with E-state index in [1.54, 1.807) is 25.3 Å². The van der Waals surface area contributed by atoms with Gasteiger partial charge in [0.2, 0.25) is 0 Å². The molecule has 0 atom stereocenters. The summed E-state index contributed by atoms with van der Waals surface area (Å²) in [5.41, 5.74) is 4.56. The highest BCUT2D eigenvalue weighted by atomic mass is 32.2. The summed E-state index contributed by atoms with van der Waals surface area (Å²) in [4.78, 5) is 35.9. The molecule has 0 radical (unpaired) electrons. The first-order valence-electron chi connectivity index (χ1n) is 9.54. The van der Waals surface area contributed by atoms with E-state index in [2.05, 4.69) is 0 Å². The quantitative estimate of drug-likeness (QED) is 0.457. The van der Waals surface area contributed by atoms with Crippen molar-refractivity contribution < 1.29 is 23.9 Å². The van der Waals surface area contributed by atoms with E-state index >= 15 is 0 Å². The van der Waals surface area contributed by atoms with Gasteiger partial charge in [-0.25, -0.2) is 0 Å². The van der Waals surface area contributed by atoms with E-state index in [9.17, 15) is 14.4 Å². The number of ether oxygens (including phenoxy) is 2. The average Bonchev–Trinajstić information content (AvgIpc) is 3.19. The molecule has 29 heavy (non-hydrogen) atoms. The van der Waals surface area contributed by atoms with Gasteiger partial charge in [0.05, 0.1) is 12.9 Å². The van der Waals surface area contributed by atoms with Crippen molar-refractivity contribution in [2.24, 2.45) is 0 Å². The molecule has 6 heteroatoms. The van der Waals surface area contributed by atoms with Crippen LogP contribution in [0.1, 0.15) is 50.8 Å². The summed E-state index contributed by atoms with van der Waals surface area (Å²) in [6.07, 6.45) is 3.19. The summed E-state index contributed by atoms with van der Waals surface area (Å²) in [5.74, 6) is 0.634. The zero-order chi connectivity index (χ0) is 20.8. The predicted octanol–water partition coefficient (Wildman–Crippen LogP) is 4.05. The highest BCUT2D eigenvalue weighted by Crippen LogP contribution is 2.25. The first-order valence-corrected chi connectivity index (χ1v) is 10.7. The smallest absolute Gasteiger partial charge is 0.316 e. The van der Waals surface area contributed by atoms with Crippen LogP contribution in [-0.4, -0.2) is 37.0 Å². The van der Waals surface area contributed by atoms with Crippen molar-refractivity contribution in [3.63, 3.8) is 0 Å². The van der Waals surface area contributed by atoms with Crippen LogP contribution < -0.4 is 4.74 Å². The van der Waals surface area contributed by atoms with Crippen LogP contribution >= 0.6 is 11.8 Å². The monoisotopic (exact) mass is 412 g/mol. The van der Waals surface area contributed by atoms with Crippen LogP contribution in [-0.2, 0) is 28.1 Å². The summed E-state index contributed by atoms with van der Waals surface area (Å²) in [6.45, 7) is 1.26. The Balaban J connectivity index is 1.47. The molecular formula is C23H24O5S. The SMILES string of the molecule is COc1ccc(C(C)=O)cc1CSCC(=O)OCC(=O)c1ccc2c(c1)CCC2. The first kappa shape index (κ1) is 21.1. The third-order valence-electron chi connectivity index (χ3n) is 4.95. The van der Waals surface area contributed by atoms with Crippen LogP contribution in [0.4, 0.5) is 0 Å². The molecular weight excluding hydrogens is 388 g/mol. The molecule has 0 N–H and O–H groups in total. The van der Waals surface area contributed by atoms with E-state index in [1.165, 1.54) is 29.8 Å². The van der Waals surface area contributed by atoms with E-state index in [0.717, 1.165) is 24.8 Å². The van der Waals surface area contributed by atoms with Gasteiger partial charge in [-0.15, -0.1) is 11.8 Å². The maximum absolute atomic E-state index is 12.3. The minimum absolute atomic E-state index is 0.0246. The van der Waals surface area contributed by atoms with Crippen molar-refractivity contribution in [1.29, 1.82) is 0 Å². The van der Waals surface area contributed by atoms with E-state index in [0.29, 0.717) is 22.6 Å². The Morgan fingerprint density at radius 3 is 2.52 bits per heavy atom. The fourth-order valence-corrected chi connectivity index (χ4v) is 4.17. The van der Waals surface area contributed by atoms with Gasteiger partial charge in [-0.3, -0.25) is 14.4 Å². The number of fused-ring (bicyclic) bond motifs is 1. The molecule has 2 aromatic rings. The number of benzene rings is 2. The molecule has 0 amide bonds. The highest BCUT2D eigenvalue weighted by molar-refractivity contribution is 7.99. The molecule has 2 aromatic carbocycles. The molecule has 0 unspecified atom stereocenters. The number of hydrogen-bond acceptors (Lipinski definition) is 6. The molecule has 0 fully saturated rings. The lowest BCUT2D eigenvalue weighted by molar-refractivity contribution is -0.139. The van der Waals surface area contributed by atoms with Gasteiger partial charge in [0.15, 0.2) is 18.2 Å². The molecule has 0 aliphatic heterocycles. The lowest BCUT2D eigenvalue weighted by Crippen LogP contribution is -2.16. The van der Waals surface area contributed by atoms with Gasteiger partial charge in [-0.2, -0.15) is 0 Å². The summed E-state index contributed by atoms with van der Waals surface area (Å²) in [5, 5.41) is 0. The Morgan fingerprint density at radius 1 is 1.00 bits per heavy atom. The Kier molecular flexibility index (Phi) is 7.09. The summed E-state index contributed by atoms with van der Waals surface area (Å²) >= 11 is 1.35. The Morgan fingerprint density at radius 2 is 1.76 bits per heavy atom. The van der Waals surface area contributed by atoms with E-state index in [-0.39, 0.29) is 23.9 Å². The molecule has 1 aliphatic rings. The second kappa shape index (κ2) is 9.74. The van der Waals surface area contributed by atoms with Crippen molar-refractivity contribution in [3.8, 4) is 5.75 Å². The number of methoxy groups -OCH3 is 1. The molecule has 0 heterocycles. The maximum atomic E-state index is 12.3. The molecule has 3 rings (SSSR count). The van der Waals surface area contributed by atoms with Crippen molar-refractivity contribution in [3.05, 3.63) is 64.2 Å². The molecule has 152 valence electrons. The molecule has 0 saturated heterocycles. The Hall–Kier alpha value is -2.60. The highest BCUT2D eigenvalue weighted by Gasteiger charge is 2.15. The molecule has 0 aromatic heterocycles. The second-order valence-corrected chi connectivity index (χ2v) is 7.98. The minimum Gasteiger partial charge on any atom is -0.496 e. The lowest BCUT2D eigenvalue weighted by atomic mass is 10.0. The van der Waals surface area contributed by atoms with Crippen molar-refractivity contribution in [1.82, 2.24) is 0 Å². The summed E-state index contributed by atoms with van der Waals surface area (Å²) in [7, 11) is 1.57. The van der Waals surface area contributed by atoms with Gasteiger partial charge in [-0.05, 0) is 61.6 Å². The zero-order valence-electron chi connectivity index (χ0n) is 16.7. The number of hydrogen-bond donors (Lipinski definition) is 0. The number of carbonyl (C=O) groups excluding carboxylic acids is 3. The topological polar surface area (TPSA) is 69.7 Å². The number of esters is 1. The van der Waals surface area contributed by atoms with Crippen molar-refractivity contribution >= 4 is 29.3 Å². The molecule has 0 bridgehead atoms. The number of thioether (sulfide) groups is 1. The van der Waals surface area contributed by atoms with Gasteiger partial charge < -0.3 is 9.47 Å². The lowest BCUT2D eigenvalue weighted by Gasteiger charge is -2.10. The van der Waals surface area contributed by atoms with Gasteiger partial charge >= 0.3 is 5.97 Å². The standard InChI is InChI=1S/C23H24O5S/c1-15(24)17-8-9-22(27-2)20(10-17)13-29-14-23(26)28-12-21(25)19-7-6-16-4-3-5-18(16)11-19/h6-11H,3-5,12-14H2,1-2H3. The molecule has 1 aliphatic carbocycles. The van der Waals surface area contributed by atoms with Crippen LogP contribution in [0.5, 0.6) is 5.75 Å². The minimum atomic E-state index is -0.439. The second-order valence-electron chi connectivity index (χ2n) is 7.00. The average molecular weight is 413 g/mol. The first-order chi connectivity index (χ1) is 14.0. The Labute approximate surface area is 174 Å². The summed E-state index contributed by atoms with van der Waals surface area (Å²) < 4.78 is 10.5. The van der Waals surface area contributed by atoms with Crippen molar-refractivity contribution in [2.45, 2.75) is 31.9 Å². The number of ketones is 2. The van der Waals surface area contributed by atoms with E-state index < -0.39 is 5.97 Å². The van der Waals surface area contributed by atoms with Crippen molar-refractivity contribution in [2.75, 3.05) is 19.5 Å². The van der Waals surface area contributed by atoms with Crippen LogP contribution in [0.15, 0.2) is 36.4 Å². The number of aryl methyl sites for hydroxylation is 2. The third kappa shape index (κ3) is 5.48. The predicted molar refractivity (Wildman–Crippen MR) is 113 cm³/mol. The normalized spacial score (nSPS) is 12.3.